The van der Waals surface area contributed by atoms with Crippen LogP contribution < -0.4 is 0 Å². The standard InChI is InChI=1S/C16H11BrClFN2/c1-2-9-5-3-4-6-10(9)16-20-14-12(19)8-7-11(17)13(14)15(18)21-16/h3-8H,2H2,1H3. The number of aryl methyl sites for hydroxylation is 1. The molecule has 0 saturated heterocycles. The summed E-state index contributed by atoms with van der Waals surface area (Å²) in [6, 6.07) is 10.8. The first-order chi connectivity index (χ1) is 10.1. The average Bonchev–Trinajstić information content (AvgIpc) is 2.50. The molecular weight excluding hydrogens is 355 g/mol. The highest BCUT2D eigenvalue weighted by Gasteiger charge is 2.15. The van der Waals surface area contributed by atoms with Gasteiger partial charge in [-0.05, 0) is 40.0 Å². The number of hydrogen-bond acceptors (Lipinski definition) is 2. The van der Waals surface area contributed by atoms with Crippen LogP contribution >= 0.6 is 27.5 Å². The summed E-state index contributed by atoms with van der Waals surface area (Å²) in [7, 11) is 0. The van der Waals surface area contributed by atoms with E-state index in [1.165, 1.54) is 6.07 Å². The number of aromatic nitrogens is 2. The maximum atomic E-state index is 14.1. The average molecular weight is 366 g/mol. The van der Waals surface area contributed by atoms with E-state index in [-0.39, 0.29) is 10.7 Å². The molecule has 0 atom stereocenters. The molecule has 1 heterocycles. The molecule has 2 aromatic carbocycles. The van der Waals surface area contributed by atoms with Gasteiger partial charge in [-0.2, -0.15) is 0 Å². The van der Waals surface area contributed by atoms with Crippen LogP contribution in [0.3, 0.4) is 0 Å². The lowest BCUT2D eigenvalue weighted by Crippen LogP contribution is -1.97. The van der Waals surface area contributed by atoms with Gasteiger partial charge < -0.3 is 0 Å². The Bertz CT molecular complexity index is 836. The van der Waals surface area contributed by atoms with Crippen LogP contribution in [0, 0.1) is 5.82 Å². The Labute approximate surface area is 135 Å². The van der Waals surface area contributed by atoms with Crippen LogP contribution in [0.4, 0.5) is 4.39 Å². The molecule has 5 heteroatoms. The van der Waals surface area contributed by atoms with Crippen LogP contribution in [-0.2, 0) is 6.42 Å². The van der Waals surface area contributed by atoms with Gasteiger partial charge in [0.25, 0.3) is 0 Å². The molecule has 21 heavy (non-hydrogen) atoms. The number of nitrogens with zero attached hydrogens (tertiary/aromatic N) is 2. The molecule has 0 aliphatic carbocycles. The molecule has 0 radical (unpaired) electrons. The maximum Gasteiger partial charge on any atom is 0.161 e. The highest BCUT2D eigenvalue weighted by atomic mass is 79.9. The summed E-state index contributed by atoms with van der Waals surface area (Å²) >= 11 is 9.60. The fourth-order valence-corrected chi connectivity index (χ4v) is 3.19. The molecule has 106 valence electrons. The molecule has 0 unspecified atom stereocenters. The number of hydrogen-bond donors (Lipinski definition) is 0. The number of fused-ring (bicyclic) bond motifs is 1. The van der Waals surface area contributed by atoms with Crippen molar-refractivity contribution < 1.29 is 4.39 Å². The molecule has 3 aromatic rings. The summed E-state index contributed by atoms with van der Waals surface area (Å²) in [6.07, 6.45) is 0.843. The van der Waals surface area contributed by atoms with Crippen molar-refractivity contribution in [1.29, 1.82) is 0 Å². The van der Waals surface area contributed by atoms with Crippen LogP contribution in [0.5, 0.6) is 0 Å². The minimum atomic E-state index is -0.410. The van der Waals surface area contributed by atoms with Gasteiger partial charge in [0.2, 0.25) is 0 Å². The Morgan fingerprint density at radius 1 is 1.14 bits per heavy atom. The molecule has 2 nitrogen and oxygen atoms in total. The predicted molar refractivity (Wildman–Crippen MR) is 87.0 cm³/mol. The summed E-state index contributed by atoms with van der Waals surface area (Å²) in [4.78, 5) is 8.71. The summed E-state index contributed by atoms with van der Waals surface area (Å²) in [5.41, 5.74) is 2.21. The van der Waals surface area contributed by atoms with E-state index in [0.717, 1.165) is 17.5 Å². The molecule has 3 rings (SSSR count). The SMILES string of the molecule is CCc1ccccc1-c1nc(Cl)c2c(Br)ccc(F)c2n1. The van der Waals surface area contributed by atoms with E-state index < -0.39 is 5.82 Å². The molecule has 0 aliphatic heterocycles. The van der Waals surface area contributed by atoms with Gasteiger partial charge in [0.05, 0.1) is 5.39 Å². The second-order valence-corrected chi connectivity index (χ2v) is 5.81. The first-order valence-corrected chi connectivity index (χ1v) is 7.68. The number of benzene rings is 2. The fourth-order valence-electron chi connectivity index (χ4n) is 2.29. The molecule has 0 spiro atoms. The minimum Gasteiger partial charge on any atom is -0.225 e. The zero-order chi connectivity index (χ0) is 15.0. The van der Waals surface area contributed by atoms with Crippen LogP contribution in [0.25, 0.3) is 22.3 Å². The zero-order valence-corrected chi connectivity index (χ0v) is 13.5. The van der Waals surface area contributed by atoms with E-state index in [9.17, 15) is 4.39 Å². The Kier molecular flexibility index (Phi) is 3.91. The van der Waals surface area contributed by atoms with E-state index in [1.54, 1.807) is 6.07 Å². The van der Waals surface area contributed by atoms with Gasteiger partial charge in [0.15, 0.2) is 5.82 Å². The second kappa shape index (κ2) is 5.70. The molecule has 0 saturated carbocycles. The lowest BCUT2D eigenvalue weighted by molar-refractivity contribution is 0.636. The van der Waals surface area contributed by atoms with Gasteiger partial charge >= 0.3 is 0 Å². The van der Waals surface area contributed by atoms with Gasteiger partial charge in [-0.15, -0.1) is 0 Å². The Hall–Kier alpha value is -1.52. The van der Waals surface area contributed by atoms with Crippen molar-refractivity contribution >= 4 is 38.4 Å². The largest absolute Gasteiger partial charge is 0.225 e. The first kappa shape index (κ1) is 14.4. The monoisotopic (exact) mass is 364 g/mol. The van der Waals surface area contributed by atoms with Crippen LogP contribution in [0.1, 0.15) is 12.5 Å². The first-order valence-electron chi connectivity index (χ1n) is 6.51. The van der Waals surface area contributed by atoms with E-state index in [2.05, 4.69) is 32.8 Å². The maximum absolute atomic E-state index is 14.1. The second-order valence-electron chi connectivity index (χ2n) is 4.60. The highest BCUT2D eigenvalue weighted by molar-refractivity contribution is 9.10. The van der Waals surface area contributed by atoms with Crippen molar-refractivity contribution in [3.05, 3.63) is 57.4 Å². The van der Waals surface area contributed by atoms with Crippen molar-refractivity contribution in [3.63, 3.8) is 0 Å². The van der Waals surface area contributed by atoms with Gasteiger partial charge in [0, 0.05) is 10.0 Å². The van der Waals surface area contributed by atoms with Gasteiger partial charge in [-0.25, -0.2) is 14.4 Å². The van der Waals surface area contributed by atoms with Crippen molar-refractivity contribution in [2.24, 2.45) is 0 Å². The molecule has 0 amide bonds. The Balaban J connectivity index is 2.33. The van der Waals surface area contributed by atoms with Crippen LogP contribution in [0.15, 0.2) is 40.9 Å². The molecule has 0 N–H and O–H groups in total. The summed E-state index contributed by atoms with van der Waals surface area (Å²) in [6.45, 7) is 2.05. The predicted octanol–water partition coefficient (Wildman–Crippen LogP) is 5.41. The zero-order valence-electron chi connectivity index (χ0n) is 11.2. The third kappa shape index (κ3) is 2.54. The molecule has 1 aromatic heterocycles. The third-order valence-corrected chi connectivity index (χ3v) is 4.28. The molecule has 0 aliphatic rings. The van der Waals surface area contributed by atoms with Crippen molar-refractivity contribution in [2.45, 2.75) is 13.3 Å². The van der Waals surface area contributed by atoms with Crippen molar-refractivity contribution in [3.8, 4) is 11.4 Å². The smallest absolute Gasteiger partial charge is 0.161 e. The van der Waals surface area contributed by atoms with Crippen LogP contribution in [-0.4, -0.2) is 9.97 Å². The molecular formula is C16H11BrClFN2. The lowest BCUT2D eigenvalue weighted by Gasteiger charge is -2.09. The molecule has 0 fully saturated rings. The number of rotatable bonds is 2. The fraction of sp³-hybridized carbons (Fsp3) is 0.125. The lowest BCUT2D eigenvalue weighted by atomic mass is 10.0. The quantitative estimate of drug-likeness (QED) is 0.567. The van der Waals surface area contributed by atoms with E-state index in [1.807, 2.05) is 24.3 Å². The summed E-state index contributed by atoms with van der Waals surface area (Å²) in [5, 5.41) is 0.738. The summed E-state index contributed by atoms with van der Waals surface area (Å²) in [5.74, 6) is 0.0367. The minimum absolute atomic E-state index is 0.227. The van der Waals surface area contributed by atoms with Gasteiger partial charge in [-0.1, -0.05) is 42.8 Å². The Morgan fingerprint density at radius 3 is 2.67 bits per heavy atom. The molecule has 0 bridgehead atoms. The van der Waals surface area contributed by atoms with Crippen molar-refractivity contribution in [1.82, 2.24) is 9.97 Å². The van der Waals surface area contributed by atoms with Crippen molar-refractivity contribution in [2.75, 3.05) is 0 Å². The third-order valence-electron chi connectivity index (χ3n) is 3.35. The van der Waals surface area contributed by atoms with E-state index in [0.29, 0.717) is 15.7 Å². The highest BCUT2D eigenvalue weighted by Crippen LogP contribution is 2.32. The van der Waals surface area contributed by atoms with Gasteiger partial charge in [-0.3, -0.25) is 0 Å². The number of halogens is 3. The topological polar surface area (TPSA) is 25.8 Å². The van der Waals surface area contributed by atoms with Gasteiger partial charge in [0.1, 0.15) is 16.5 Å². The summed E-state index contributed by atoms with van der Waals surface area (Å²) < 4.78 is 14.7. The van der Waals surface area contributed by atoms with E-state index >= 15 is 0 Å². The normalized spacial score (nSPS) is 11.0. The van der Waals surface area contributed by atoms with Crippen LogP contribution in [0.2, 0.25) is 5.15 Å². The van der Waals surface area contributed by atoms with E-state index in [4.69, 9.17) is 11.6 Å². The Morgan fingerprint density at radius 2 is 1.90 bits per heavy atom.